The highest BCUT2D eigenvalue weighted by molar-refractivity contribution is 8.18. The lowest BCUT2D eigenvalue weighted by Gasteiger charge is -2.31. The van der Waals surface area contributed by atoms with Crippen molar-refractivity contribution in [3.8, 4) is 11.5 Å². The normalized spacial score (nSPS) is 25.5. The Hall–Kier alpha value is -2.52. The molecule has 0 aliphatic carbocycles. The van der Waals surface area contributed by atoms with E-state index in [0.717, 1.165) is 30.2 Å². The summed E-state index contributed by atoms with van der Waals surface area (Å²) in [7, 11) is 0. The van der Waals surface area contributed by atoms with E-state index in [2.05, 4.69) is 24.1 Å². The van der Waals surface area contributed by atoms with E-state index in [1.54, 1.807) is 18.2 Å². The maximum Gasteiger partial charge on any atom is 0.293 e. The van der Waals surface area contributed by atoms with E-state index in [9.17, 15) is 14.4 Å². The van der Waals surface area contributed by atoms with Gasteiger partial charge in [-0.25, -0.2) is 0 Å². The maximum absolute atomic E-state index is 12.7. The molecule has 3 aliphatic heterocycles. The first-order valence-corrected chi connectivity index (χ1v) is 11.4. The highest BCUT2D eigenvalue weighted by Crippen LogP contribution is 2.36. The first kappa shape index (κ1) is 21.7. The van der Waals surface area contributed by atoms with Gasteiger partial charge in [-0.05, 0) is 69.1 Å². The summed E-state index contributed by atoms with van der Waals surface area (Å²) in [5, 5.41) is 2.54. The summed E-state index contributed by atoms with van der Waals surface area (Å²) in [5.74, 6) is 0.847. The summed E-state index contributed by atoms with van der Waals surface area (Å²) in [5.41, 5.74) is 0.755. The molecular weight excluding hydrogens is 418 g/mol. The fourth-order valence-electron chi connectivity index (χ4n) is 4.40. The molecule has 166 valence electrons. The minimum atomic E-state index is -0.350. The minimum absolute atomic E-state index is 0.0801. The summed E-state index contributed by atoms with van der Waals surface area (Å²) >= 11 is 0.902. The van der Waals surface area contributed by atoms with Gasteiger partial charge in [-0.1, -0.05) is 6.07 Å². The van der Waals surface area contributed by atoms with Crippen molar-refractivity contribution in [2.24, 2.45) is 0 Å². The summed E-state index contributed by atoms with van der Waals surface area (Å²) in [6, 6.07) is 5.86. The van der Waals surface area contributed by atoms with Crippen LogP contribution >= 0.6 is 11.8 Å². The molecule has 3 atom stereocenters. The zero-order valence-electron chi connectivity index (χ0n) is 17.9. The number of hydrogen-bond acceptors (Lipinski definition) is 7. The smallest absolute Gasteiger partial charge is 0.293 e. The number of nitrogens with one attached hydrogen (secondary N) is 1. The number of hydrogen-bond donors (Lipinski definition) is 1. The minimum Gasteiger partial charge on any atom is -0.454 e. The van der Waals surface area contributed by atoms with Gasteiger partial charge in [-0.15, -0.1) is 0 Å². The molecular formula is C22H27N3O5S. The molecule has 4 rings (SSSR count). The number of amides is 3. The van der Waals surface area contributed by atoms with Crippen LogP contribution in [0.1, 0.15) is 39.2 Å². The van der Waals surface area contributed by atoms with Gasteiger partial charge in [0, 0.05) is 25.2 Å². The van der Waals surface area contributed by atoms with Crippen molar-refractivity contribution in [1.82, 2.24) is 15.1 Å². The van der Waals surface area contributed by atoms with E-state index >= 15 is 0 Å². The van der Waals surface area contributed by atoms with Crippen LogP contribution in [0.25, 0.3) is 6.08 Å². The van der Waals surface area contributed by atoms with Crippen molar-refractivity contribution < 1.29 is 23.9 Å². The SMILES string of the molecule is CC1CCC(C)N1C(C)C(=O)NCCN1C(=O)SC(=Cc2ccc3c(c2)OCO3)C1=O. The Morgan fingerprint density at radius 2 is 1.94 bits per heavy atom. The second kappa shape index (κ2) is 8.92. The number of nitrogens with zero attached hydrogens (tertiary/aromatic N) is 2. The average Bonchev–Trinajstić information content (AvgIpc) is 3.41. The third-order valence-corrected chi connectivity index (χ3v) is 6.96. The number of fused-ring (bicyclic) bond motifs is 1. The highest BCUT2D eigenvalue weighted by Gasteiger charge is 2.36. The van der Waals surface area contributed by atoms with E-state index in [0.29, 0.717) is 28.5 Å². The average molecular weight is 446 g/mol. The van der Waals surface area contributed by atoms with Crippen molar-refractivity contribution in [1.29, 1.82) is 0 Å². The molecule has 0 aromatic heterocycles. The standard InChI is InChI=1S/C22H27N3O5S/c1-13-4-5-14(2)25(13)15(3)20(26)23-8-9-24-21(27)19(31-22(24)28)11-16-6-7-17-18(10-16)30-12-29-17/h6-7,10-11,13-15H,4-5,8-9,12H2,1-3H3,(H,23,26). The van der Waals surface area contributed by atoms with Crippen LogP contribution in [0.5, 0.6) is 11.5 Å². The second-order valence-electron chi connectivity index (χ2n) is 8.14. The molecule has 3 heterocycles. The molecule has 3 unspecified atom stereocenters. The molecule has 0 spiro atoms. The van der Waals surface area contributed by atoms with Crippen molar-refractivity contribution >= 4 is 34.9 Å². The molecule has 1 aromatic carbocycles. The van der Waals surface area contributed by atoms with Gasteiger partial charge < -0.3 is 14.8 Å². The van der Waals surface area contributed by atoms with Gasteiger partial charge in [-0.2, -0.15) is 0 Å². The van der Waals surface area contributed by atoms with Gasteiger partial charge in [0.25, 0.3) is 11.1 Å². The summed E-state index contributed by atoms with van der Waals surface area (Å²) in [6.45, 7) is 6.74. The molecule has 3 aliphatic rings. The largest absolute Gasteiger partial charge is 0.454 e. The summed E-state index contributed by atoms with van der Waals surface area (Å²) < 4.78 is 10.6. The first-order valence-electron chi connectivity index (χ1n) is 10.6. The Balaban J connectivity index is 1.33. The molecule has 9 heteroatoms. The lowest BCUT2D eigenvalue weighted by atomic mass is 10.2. The van der Waals surface area contributed by atoms with Gasteiger partial charge in [0.15, 0.2) is 11.5 Å². The van der Waals surface area contributed by atoms with Gasteiger partial charge in [0.2, 0.25) is 12.7 Å². The zero-order chi connectivity index (χ0) is 22.1. The van der Waals surface area contributed by atoms with E-state index in [4.69, 9.17) is 9.47 Å². The van der Waals surface area contributed by atoms with Gasteiger partial charge in [0.1, 0.15) is 0 Å². The van der Waals surface area contributed by atoms with Gasteiger partial charge in [-0.3, -0.25) is 24.2 Å². The first-order chi connectivity index (χ1) is 14.8. The number of thioether (sulfide) groups is 1. The lowest BCUT2D eigenvalue weighted by molar-refractivity contribution is -0.127. The van der Waals surface area contributed by atoms with Gasteiger partial charge in [0.05, 0.1) is 10.9 Å². The molecule has 0 bridgehead atoms. The summed E-state index contributed by atoms with van der Waals surface area (Å²) in [4.78, 5) is 41.4. The number of ether oxygens (including phenoxy) is 2. The molecule has 0 saturated carbocycles. The van der Waals surface area contributed by atoms with Crippen LogP contribution in [0.2, 0.25) is 0 Å². The van der Waals surface area contributed by atoms with Crippen molar-refractivity contribution in [3.05, 3.63) is 28.7 Å². The fraction of sp³-hybridized carbons (Fsp3) is 0.500. The number of rotatable bonds is 6. The number of carbonyl (C=O) groups excluding carboxylic acids is 3. The van der Waals surface area contributed by atoms with Gasteiger partial charge >= 0.3 is 0 Å². The number of carbonyl (C=O) groups is 3. The molecule has 31 heavy (non-hydrogen) atoms. The Labute approximate surface area is 185 Å². The Bertz CT molecular complexity index is 924. The second-order valence-corrected chi connectivity index (χ2v) is 9.13. The Kier molecular flexibility index (Phi) is 6.24. The topological polar surface area (TPSA) is 88.2 Å². The monoisotopic (exact) mass is 445 g/mol. The molecule has 1 N–H and O–H groups in total. The number of benzene rings is 1. The Morgan fingerprint density at radius 1 is 1.23 bits per heavy atom. The lowest BCUT2D eigenvalue weighted by Crippen LogP contribution is -2.50. The third kappa shape index (κ3) is 4.43. The Morgan fingerprint density at radius 3 is 2.68 bits per heavy atom. The van der Waals surface area contributed by atoms with Crippen LogP contribution in [0.15, 0.2) is 23.1 Å². The maximum atomic E-state index is 12.7. The highest BCUT2D eigenvalue weighted by atomic mass is 32.2. The van der Waals surface area contributed by atoms with Crippen molar-refractivity contribution in [2.45, 2.75) is 51.7 Å². The predicted octanol–water partition coefficient (Wildman–Crippen LogP) is 2.83. The van der Waals surface area contributed by atoms with E-state index in [1.807, 2.05) is 13.0 Å². The van der Waals surface area contributed by atoms with Crippen LogP contribution in [-0.2, 0) is 9.59 Å². The van der Waals surface area contributed by atoms with Crippen molar-refractivity contribution in [2.75, 3.05) is 19.9 Å². The number of imide groups is 1. The van der Waals surface area contributed by atoms with Crippen molar-refractivity contribution in [3.63, 3.8) is 0 Å². The molecule has 1 aromatic rings. The molecule has 2 fully saturated rings. The summed E-state index contributed by atoms with van der Waals surface area (Å²) in [6.07, 6.45) is 3.85. The van der Waals surface area contributed by atoms with E-state index < -0.39 is 0 Å². The van der Waals surface area contributed by atoms with E-state index in [1.165, 1.54) is 4.90 Å². The molecule has 2 saturated heterocycles. The van der Waals surface area contributed by atoms with Crippen LogP contribution in [0.4, 0.5) is 4.79 Å². The van der Waals surface area contributed by atoms with Crippen LogP contribution in [0.3, 0.4) is 0 Å². The number of likely N-dealkylation sites (tertiary alicyclic amines) is 1. The molecule has 0 radical (unpaired) electrons. The van der Waals surface area contributed by atoms with E-state index in [-0.39, 0.29) is 43.0 Å². The fourth-order valence-corrected chi connectivity index (χ4v) is 5.26. The quantitative estimate of drug-likeness (QED) is 0.674. The molecule has 3 amide bonds. The predicted molar refractivity (Wildman–Crippen MR) is 118 cm³/mol. The third-order valence-electron chi connectivity index (χ3n) is 6.05. The zero-order valence-corrected chi connectivity index (χ0v) is 18.7. The van der Waals surface area contributed by atoms with Crippen LogP contribution < -0.4 is 14.8 Å². The van der Waals surface area contributed by atoms with Crippen LogP contribution in [0, 0.1) is 0 Å². The van der Waals surface area contributed by atoms with Crippen LogP contribution in [-0.4, -0.2) is 64.9 Å². The molecule has 8 nitrogen and oxygen atoms in total.